The van der Waals surface area contributed by atoms with Crippen LogP contribution in [0.1, 0.15) is 31.4 Å². The highest BCUT2D eigenvalue weighted by molar-refractivity contribution is 5.73. The SMILES string of the molecule is CC(C)NC(CCN1CCc2ccccc2C1)C(=O)O. The molecule has 0 amide bonds. The fraction of sp³-hybridized carbons (Fsp3) is 0.562. The first kappa shape index (κ1) is 15.0. The van der Waals surface area contributed by atoms with E-state index in [4.69, 9.17) is 0 Å². The number of nitrogens with one attached hydrogen (secondary N) is 1. The fourth-order valence-corrected chi connectivity index (χ4v) is 2.74. The van der Waals surface area contributed by atoms with Crippen LogP contribution in [0.4, 0.5) is 0 Å². The first-order chi connectivity index (χ1) is 9.56. The number of benzene rings is 1. The molecule has 1 aliphatic heterocycles. The molecule has 0 spiro atoms. The van der Waals surface area contributed by atoms with Gasteiger partial charge in [-0.15, -0.1) is 0 Å². The Hall–Kier alpha value is -1.39. The summed E-state index contributed by atoms with van der Waals surface area (Å²) in [4.78, 5) is 13.6. The van der Waals surface area contributed by atoms with Crippen LogP contribution in [0, 0.1) is 0 Å². The number of nitrogens with zero attached hydrogens (tertiary/aromatic N) is 1. The van der Waals surface area contributed by atoms with Crippen LogP contribution in [0.15, 0.2) is 24.3 Å². The average Bonchev–Trinajstić information content (AvgIpc) is 2.42. The van der Waals surface area contributed by atoms with E-state index in [1.165, 1.54) is 11.1 Å². The van der Waals surface area contributed by atoms with Crippen LogP contribution in [0.25, 0.3) is 0 Å². The molecule has 4 heteroatoms. The van der Waals surface area contributed by atoms with Crippen molar-refractivity contribution in [2.75, 3.05) is 13.1 Å². The molecule has 1 aromatic carbocycles. The van der Waals surface area contributed by atoms with Gasteiger partial charge in [0.1, 0.15) is 6.04 Å². The monoisotopic (exact) mass is 276 g/mol. The van der Waals surface area contributed by atoms with Gasteiger partial charge >= 0.3 is 5.97 Å². The molecule has 0 saturated carbocycles. The molecule has 2 N–H and O–H groups in total. The van der Waals surface area contributed by atoms with E-state index in [1.807, 2.05) is 13.8 Å². The topological polar surface area (TPSA) is 52.6 Å². The number of fused-ring (bicyclic) bond motifs is 1. The van der Waals surface area contributed by atoms with E-state index in [0.29, 0.717) is 6.42 Å². The van der Waals surface area contributed by atoms with E-state index in [0.717, 1.165) is 26.1 Å². The molecule has 110 valence electrons. The van der Waals surface area contributed by atoms with Crippen molar-refractivity contribution in [3.8, 4) is 0 Å². The normalized spacial score (nSPS) is 16.9. The highest BCUT2D eigenvalue weighted by Gasteiger charge is 2.21. The molecule has 0 bridgehead atoms. The largest absolute Gasteiger partial charge is 0.480 e. The van der Waals surface area contributed by atoms with Crippen LogP contribution >= 0.6 is 0 Å². The minimum absolute atomic E-state index is 0.193. The number of rotatable bonds is 6. The molecule has 1 heterocycles. The third-order valence-electron chi connectivity index (χ3n) is 3.78. The molecule has 4 nitrogen and oxygen atoms in total. The Morgan fingerprint density at radius 1 is 1.35 bits per heavy atom. The smallest absolute Gasteiger partial charge is 0.320 e. The Kier molecular flexibility index (Phi) is 5.15. The maximum absolute atomic E-state index is 11.2. The Morgan fingerprint density at radius 3 is 2.70 bits per heavy atom. The maximum Gasteiger partial charge on any atom is 0.320 e. The Labute approximate surface area is 120 Å². The summed E-state index contributed by atoms with van der Waals surface area (Å²) >= 11 is 0. The third kappa shape index (κ3) is 4.05. The summed E-state index contributed by atoms with van der Waals surface area (Å²) in [5, 5.41) is 12.3. The Morgan fingerprint density at radius 2 is 2.05 bits per heavy atom. The molecule has 1 unspecified atom stereocenters. The van der Waals surface area contributed by atoms with Crippen LogP contribution < -0.4 is 5.32 Å². The predicted molar refractivity (Wildman–Crippen MR) is 79.7 cm³/mol. The fourth-order valence-electron chi connectivity index (χ4n) is 2.74. The van der Waals surface area contributed by atoms with Gasteiger partial charge in [-0.2, -0.15) is 0 Å². The lowest BCUT2D eigenvalue weighted by molar-refractivity contribution is -0.140. The lowest BCUT2D eigenvalue weighted by atomic mass is 9.99. The Balaban J connectivity index is 1.87. The molecule has 1 aromatic rings. The minimum atomic E-state index is -0.754. The molecule has 0 saturated heterocycles. The lowest BCUT2D eigenvalue weighted by Gasteiger charge is -2.29. The summed E-state index contributed by atoms with van der Waals surface area (Å²) in [7, 11) is 0. The van der Waals surface area contributed by atoms with Crippen LogP contribution in [-0.4, -0.2) is 41.1 Å². The van der Waals surface area contributed by atoms with Gasteiger partial charge < -0.3 is 10.4 Å². The first-order valence-corrected chi connectivity index (χ1v) is 7.34. The van der Waals surface area contributed by atoms with E-state index < -0.39 is 12.0 Å². The van der Waals surface area contributed by atoms with Crippen molar-refractivity contribution < 1.29 is 9.90 Å². The first-order valence-electron chi connectivity index (χ1n) is 7.34. The zero-order valence-corrected chi connectivity index (χ0v) is 12.3. The maximum atomic E-state index is 11.2. The number of hydrogen-bond donors (Lipinski definition) is 2. The van der Waals surface area contributed by atoms with E-state index in [-0.39, 0.29) is 6.04 Å². The molecular formula is C16H24N2O2. The zero-order chi connectivity index (χ0) is 14.5. The van der Waals surface area contributed by atoms with Gasteiger partial charge in [-0.05, 0) is 24.0 Å². The Bertz CT molecular complexity index is 460. The highest BCUT2D eigenvalue weighted by Crippen LogP contribution is 2.18. The number of carboxylic acid groups (broad SMARTS) is 1. The van der Waals surface area contributed by atoms with Crippen molar-refractivity contribution in [2.45, 2.75) is 45.3 Å². The average molecular weight is 276 g/mol. The second-order valence-electron chi connectivity index (χ2n) is 5.80. The van der Waals surface area contributed by atoms with Gasteiger partial charge in [-0.3, -0.25) is 9.69 Å². The minimum Gasteiger partial charge on any atom is -0.480 e. The third-order valence-corrected chi connectivity index (χ3v) is 3.78. The second-order valence-corrected chi connectivity index (χ2v) is 5.80. The van der Waals surface area contributed by atoms with Gasteiger partial charge in [0.25, 0.3) is 0 Å². The summed E-state index contributed by atoms with van der Waals surface area (Å²) in [6.07, 6.45) is 1.71. The van der Waals surface area contributed by atoms with Crippen molar-refractivity contribution >= 4 is 5.97 Å². The molecule has 0 fully saturated rings. The lowest BCUT2D eigenvalue weighted by Crippen LogP contribution is -2.43. The van der Waals surface area contributed by atoms with Crippen molar-refractivity contribution in [1.82, 2.24) is 10.2 Å². The van der Waals surface area contributed by atoms with Gasteiger partial charge in [0.2, 0.25) is 0 Å². The van der Waals surface area contributed by atoms with Gasteiger partial charge in [0.15, 0.2) is 0 Å². The van der Waals surface area contributed by atoms with Crippen LogP contribution in [0.5, 0.6) is 0 Å². The number of aliphatic carboxylic acids is 1. The second kappa shape index (κ2) is 6.86. The van der Waals surface area contributed by atoms with E-state index in [1.54, 1.807) is 0 Å². The summed E-state index contributed by atoms with van der Waals surface area (Å²) in [6.45, 7) is 6.74. The molecular weight excluding hydrogens is 252 g/mol. The van der Waals surface area contributed by atoms with Crippen molar-refractivity contribution in [1.29, 1.82) is 0 Å². The number of carboxylic acids is 1. The van der Waals surface area contributed by atoms with Crippen molar-refractivity contribution in [2.24, 2.45) is 0 Å². The zero-order valence-electron chi connectivity index (χ0n) is 12.3. The predicted octanol–water partition coefficient (Wildman–Crippen LogP) is 1.89. The molecule has 0 aliphatic carbocycles. The van der Waals surface area contributed by atoms with Gasteiger partial charge in [0.05, 0.1) is 0 Å². The summed E-state index contributed by atoms with van der Waals surface area (Å²) < 4.78 is 0. The summed E-state index contributed by atoms with van der Waals surface area (Å²) in [5.41, 5.74) is 2.81. The molecule has 2 rings (SSSR count). The molecule has 0 aromatic heterocycles. The quantitative estimate of drug-likeness (QED) is 0.833. The van der Waals surface area contributed by atoms with Crippen LogP contribution in [0.3, 0.4) is 0 Å². The van der Waals surface area contributed by atoms with Crippen LogP contribution in [-0.2, 0) is 17.8 Å². The number of hydrogen-bond acceptors (Lipinski definition) is 3. The van der Waals surface area contributed by atoms with Gasteiger partial charge in [-0.1, -0.05) is 38.1 Å². The number of carbonyl (C=O) groups is 1. The van der Waals surface area contributed by atoms with Gasteiger partial charge in [-0.25, -0.2) is 0 Å². The standard InChI is InChI=1S/C16H24N2O2/c1-12(2)17-15(16(19)20)8-10-18-9-7-13-5-3-4-6-14(13)11-18/h3-6,12,15,17H,7-11H2,1-2H3,(H,19,20). The van der Waals surface area contributed by atoms with Gasteiger partial charge in [0, 0.05) is 25.7 Å². The highest BCUT2D eigenvalue weighted by atomic mass is 16.4. The summed E-state index contributed by atoms with van der Waals surface area (Å²) in [6, 6.07) is 8.25. The van der Waals surface area contributed by atoms with Crippen LogP contribution in [0.2, 0.25) is 0 Å². The van der Waals surface area contributed by atoms with E-state index >= 15 is 0 Å². The van der Waals surface area contributed by atoms with Crippen molar-refractivity contribution in [3.05, 3.63) is 35.4 Å². The molecule has 0 radical (unpaired) electrons. The molecule has 1 atom stereocenters. The summed E-state index contributed by atoms with van der Waals surface area (Å²) in [5.74, 6) is -0.754. The van der Waals surface area contributed by atoms with E-state index in [2.05, 4.69) is 34.5 Å². The van der Waals surface area contributed by atoms with Crippen molar-refractivity contribution in [3.63, 3.8) is 0 Å². The molecule has 1 aliphatic rings. The van der Waals surface area contributed by atoms with E-state index in [9.17, 15) is 9.90 Å². The molecule has 20 heavy (non-hydrogen) atoms.